The van der Waals surface area contributed by atoms with E-state index in [1.165, 1.54) is 6.08 Å². The number of hydrogen-bond donors (Lipinski definition) is 1. The first-order valence-corrected chi connectivity index (χ1v) is 9.04. The van der Waals surface area contributed by atoms with Crippen LogP contribution in [0.3, 0.4) is 0 Å². The van der Waals surface area contributed by atoms with Crippen molar-refractivity contribution in [3.63, 3.8) is 0 Å². The van der Waals surface area contributed by atoms with E-state index >= 15 is 0 Å². The Morgan fingerprint density at radius 3 is 2.46 bits per heavy atom. The lowest BCUT2D eigenvalue weighted by molar-refractivity contribution is -0.142. The minimum Gasteiger partial charge on any atom is -0.452 e. The number of para-hydroxylation sites is 1. The van der Waals surface area contributed by atoms with Gasteiger partial charge in [-0.25, -0.2) is 4.79 Å². The van der Waals surface area contributed by atoms with Crippen LogP contribution in [0.25, 0.3) is 17.2 Å². The van der Waals surface area contributed by atoms with Crippen molar-refractivity contribution in [1.29, 1.82) is 0 Å². The Bertz CT molecular complexity index is 999. The monoisotopic (exact) mass is 391 g/mol. The molecule has 1 amide bonds. The fraction of sp³-hybridized carbons (Fsp3) is 0.0435. The van der Waals surface area contributed by atoms with Crippen molar-refractivity contribution in [3.8, 4) is 11.1 Å². The minimum absolute atomic E-state index is 0.373. The fourth-order valence-electron chi connectivity index (χ4n) is 2.61. The molecule has 4 nitrogen and oxygen atoms in total. The highest BCUT2D eigenvalue weighted by atomic mass is 35.5. The first kappa shape index (κ1) is 19.4. The van der Waals surface area contributed by atoms with Gasteiger partial charge in [0.1, 0.15) is 0 Å². The summed E-state index contributed by atoms with van der Waals surface area (Å²) in [6, 6.07) is 24.2. The number of esters is 1. The van der Waals surface area contributed by atoms with Crippen molar-refractivity contribution < 1.29 is 14.3 Å². The van der Waals surface area contributed by atoms with Crippen LogP contribution in [0.15, 0.2) is 84.9 Å². The molecule has 0 fully saturated rings. The molecule has 28 heavy (non-hydrogen) atoms. The molecule has 0 heterocycles. The molecule has 0 bridgehead atoms. The number of rotatable bonds is 6. The van der Waals surface area contributed by atoms with E-state index in [4.69, 9.17) is 16.3 Å². The smallest absolute Gasteiger partial charge is 0.331 e. The van der Waals surface area contributed by atoms with Crippen molar-refractivity contribution in [2.75, 3.05) is 11.9 Å². The molecule has 0 saturated carbocycles. The highest BCUT2D eigenvalue weighted by Gasteiger charge is 2.09. The Morgan fingerprint density at radius 2 is 1.68 bits per heavy atom. The topological polar surface area (TPSA) is 55.4 Å². The van der Waals surface area contributed by atoms with Gasteiger partial charge in [0.05, 0.1) is 0 Å². The maximum absolute atomic E-state index is 12.2. The first-order chi connectivity index (χ1) is 13.6. The van der Waals surface area contributed by atoms with E-state index in [2.05, 4.69) is 5.32 Å². The molecule has 1 N–H and O–H groups in total. The van der Waals surface area contributed by atoms with Crippen LogP contribution in [0.1, 0.15) is 5.56 Å². The number of benzene rings is 3. The number of anilines is 1. The second-order valence-electron chi connectivity index (χ2n) is 5.96. The van der Waals surface area contributed by atoms with E-state index in [-0.39, 0.29) is 6.61 Å². The molecule has 0 spiro atoms. The summed E-state index contributed by atoms with van der Waals surface area (Å²) < 4.78 is 5.00. The zero-order chi connectivity index (χ0) is 19.8. The lowest BCUT2D eigenvalue weighted by atomic mass is 10.0. The van der Waals surface area contributed by atoms with Crippen molar-refractivity contribution in [1.82, 2.24) is 0 Å². The summed E-state index contributed by atoms with van der Waals surface area (Å²) in [5.74, 6) is -1.01. The Kier molecular flexibility index (Phi) is 6.60. The maximum atomic E-state index is 12.2. The zero-order valence-electron chi connectivity index (χ0n) is 15.0. The lowest BCUT2D eigenvalue weighted by Crippen LogP contribution is -2.20. The Morgan fingerprint density at radius 1 is 0.929 bits per heavy atom. The normalized spacial score (nSPS) is 10.6. The van der Waals surface area contributed by atoms with Crippen LogP contribution in [-0.4, -0.2) is 18.5 Å². The molecule has 3 rings (SSSR count). The number of ether oxygens (including phenoxy) is 1. The summed E-state index contributed by atoms with van der Waals surface area (Å²) >= 11 is 5.89. The van der Waals surface area contributed by atoms with Gasteiger partial charge in [-0.15, -0.1) is 0 Å². The third-order valence-electron chi connectivity index (χ3n) is 3.89. The van der Waals surface area contributed by atoms with Gasteiger partial charge in [0.25, 0.3) is 5.91 Å². The quantitative estimate of drug-likeness (QED) is 0.464. The number of amides is 1. The van der Waals surface area contributed by atoms with E-state index in [1.54, 1.807) is 30.3 Å². The fourth-order valence-corrected chi connectivity index (χ4v) is 2.81. The summed E-state index contributed by atoms with van der Waals surface area (Å²) in [6.45, 7) is -0.373. The predicted octanol–water partition coefficient (Wildman–Crippen LogP) is 5.20. The molecule has 5 heteroatoms. The van der Waals surface area contributed by atoms with E-state index in [9.17, 15) is 9.59 Å². The van der Waals surface area contributed by atoms with Gasteiger partial charge in [0.2, 0.25) is 0 Å². The van der Waals surface area contributed by atoms with Crippen molar-refractivity contribution in [2.45, 2.75) is 0 Å². The molecule has 0 atom stereocenters. The first-order valence-electron chi connectivity index (χ1n) is 8.66. The van der Waals surface area contributed by atoms with Gasteiger partial charge in [-0.3, -0.25) is 4.79 Å². The Hall–Kier alpha value is -3.37. The van der Waals surface area contributed by atoms with E-state index in [0.29, 0.717) is 10.7 Å². The molecule has 0 aliphatic heterocycles. The van der Waals surface area contributed by atoms with Gasteiger partial charge < -0.3 is 10.1 Å². The molecule has 0 saturated heterocycles. The summed E-state index contributed by atoms with van der Waals surface area (Å²) in [6.07, 6.45) is 2.84. The molecular formula is C23H18ClNO3. The molecular weight excluding hydrogens is 374 g/mol. The molecule has 3 aromatic rings. The van der Waals surface area contributed by atoms with Crippen LogP contribution in [0.2, 0.25) is 5.02 Å². The van der Waals surface area contributed by atoms with Crippen LogP contribution in [-0.2, 0) is 14.3 Å². The SMILES string of the molecule is O=C(COC(=O)C=Cc1cccc(Cl)c1)Nc1ccccc1-c1ccccc1. The number of carbonyl (C=O) groups is 2. The van der Waals surface area contributed by atoms with Gasteiger partial charge >= 0.3 is 5.97 Å². The molecule has 0 unspecified atom stereocenters. The Labute approximate surface area is 168 Å². The summed E-state index contributed by atoms with van der Waals surface area (Å²) in [4.78, 5) is 24.0. The van der Waals surface area contributed by atoms with Gasteiger partial charge in [0, 0.05) is 22.3 Å². The largest absolute Gasteiger partial charge is 0.452 e. The predicted molar refractivity (Wildman–Crippen MR) is 112 cm³/mol. The van der Waals surface area contributed by atoms with Gasteiger partial charge in [-0.2, -0.15) is 0 Å². The molecule has 0 radical (unpaired) electrons. The average Bonchev–Trinajstić information content (AvgIpc) is 2.72. The molecule has 140 valence electrons. The van der Waals surface area contributed by atoms with E-state index in [0.717, 1.165) is 16.7 Å². The second kappa shape index (κ2) is 9.53. The third kappa shape index (κ3) is 5.56. The third-order valence-corrected chi connectivity index (χ3v) is 4.13. The summed E-state index contributed by atoms with van der Waals surface area (Å²) in [5.41, 5.74) is 3.30. The van der Waals surface area contributed by atoms with Gasteiger partial charge in [0.15, 0.2) is 6.61 Å². The summed E-state index contributed by atoms with van der Waals surface area (Å²) in [5, 5.41) is 3.36. The van der Waals surface area contributed by atoms with E-state index < -0.39 is 11.9 Å². The number of carbonyl (C=O) groups excluding carboxylic acids is 2. The molecule has 0 aliphatic carbocycles. The average molecular weight is 392 g/mol. The van der Waals surface area contributed by atoms with Crippen LogP contribution < -0.4 is 5.32 Å². The van der Waals surface area contributed by atoms with Crippen molar-refractivity contribution in [3.05, 3.63) is 95.5 Å². The summed E-state index contributed by atoms with van der Waals surface area (Å²) in [7, 11) is 0. The number of hydrogen-bond acceptors (Lipinski definition) is 3. The van der Waals surface area contributed by atoms with Crippen LogP contribution in [0.5, 0.6) is 0 Å². The molecule has 0 aliphatic rings. The van der Waals surface area contributed by atoms with Crippen LogP contribution >= 0.6 is 11.6 Å². The second-order valence-corrected chi connectivity index (χ2v) is 6.39. The molecule has 3 aromatic carbocycles. The van der Waals surface area contributed by atoms with Crippen LogP contribution in [0.4, 0.5) is 5.69 Å². The number of nitrogens with one attached hydrogen (secondary N) is 1. The standard InChI is InChI=1S/C23H18ClNO3/c24-19-10-6-7-17(15-19)13-14-23(27)28-16-22(26)25-21-12-5-4-11-20(21)18-8-2-1-3-9-18/h1-15H,16H2,(H,25,26). The van der Waals surface area contributed by atoms with Crippen molar-refractivity contribution >= 4 is 35.2 Å². The van der Waals surface area contributed by atoms with Gasteiger partial charge in [-0.05, 0) is 35.4 Å². The highest BCUT2D eigenvalue weighted by Crippen LogP contribution is 2.27. The number of halogens is 1. The van der Waals surface area contributed by atoms with Crippen molar-refractivity contribution in [2.24, 2.45) is 0 Å². The van der Waals surface area contributed by atoms with E-state index in [1.807, 2.05) is 54.6 Å². The highest BCUT2D eigenvalue weighted by molar-refractivity contribution is 6.30. The maximum Gasteiger partial charge on any atom is 0.331 e. The van der Waals surface area contributed by atoms with Gasteiger partial charge in [-0.1, -0.05) is 72.3 Å². The lowest BCUT2D eigenvalue weighted by Gasteiger charge is -2.11. The zero-order valence-corrected chi connectivity index (χ0v) is 15.7. The Balaban J connectivity index is 1.57. The molecule has 0 aromatic heterocycles. The van der Waals surface area contributed by atoms with Crippen LogP contribution in [0, 0.1) is 0 Å². The minimum atomic E-state index is -0.605.